The largest absolute Gasteiger partial charge is 0.345 e. The first kappa shape index (κ1) is 14.3. The minimum absolute atomic E-state index is 0.0468. The van der Waals surface area contributed by atoms with Crippen molar-refractivity contribution >= 4 is 16.8 Å². The quantitative estimate of drug-likeness (QED) is 0.566. The molecule has 6 nitrogen and oxygen atoms in total. The Morgan fingerprint density at radius 2 is 2.08 bits per heavy atom. The molecule has 24 heavy (non-hydrogen) atoms. The standard InChI is InChI=1S/C18H15N5O/c1-11-5-14(17-15(6-11)19-9-20-17)16(24)8-12-3-2-4-13(7-12)18-21-10-22-23-18/h2-7,9-10H,8H2,1H3,(H,19,20)(H,21,22,23). The molecule has 0 amide bonds. The molecule has 0 bridgehead atoms. The molecule has 2 N–H and O–H groups in total. The second-order valence-corrected chi connectivity index (χ2v) is 5.75. The lowest BCUT2D eigenvalue weighted by Crippen LogP contribution is -2.05. The van der Waals surface area contributed by atoms with Gasteiger partial charge in [0, 0.05) is 17.5 Å². The molecular weight excluding hydrogens is 302 g/mol. The zero-order valence-corrected chi connectivity index (χ0v) is 13.1. The highest BCUT2D eigenvalue weighted by atomic mass is 16.1. The second kappa shape index (κ2) is 5.73. The molecule has 2 aromatic heterocycles. The number of aryl methyl sites for hydroxylation is 1. The van der Waals surface area contributed by atoms with Gasteiger partial charge in [0.25, 0.3) is 0 Å². The number of ketones is 1. The summed E-state index contributed by atoms with van der Waals surface area (Å²) >= 11 is 0. The maximum Gasteiger partial charge on any atom is 0.169 e. The number of aromatic amines is 2. The van der Waals surface area contributed by atoms with Crippen molar-refractivity contribution < 1.29 is 4.79 Å². The lowest BCUT2D eigenvalue weighted by Gasteiger charge is -2.06. The third-order valence-corrected chi connectivity index (χ3v) is 3.95. The van der Waals surface area contributed by atoms with Crippen LogP contribution >= 0.6 is 0 Å². The van der Waals surface area contributed by atoms with Gasteiger partial charge in [-0.25, -0.2) is 9.97 Å². The SMILES string of the molecule is Cc1cc(C(=O)Cc2cccc(-c3ncn[nH]3)c2)c2nc[nH]c2c1. The number of fused-ring (bicyclic) bond motifs is 1. The summed E-state index contributed by atoms with van der Waals surface area (Å²) < 4.78 is 0. The smallest absolute Gasteiger partial charge is 0.169 e. The van der Waals surface area contributed by atoms with Gasteiger partial charge in [0.15, 0.2) is 11.6 Å². The highest BCUT2D eigenvalue weighted by Crippen LogP contribution is 2.21. The fourth-order valence-electron chi connectivity index (χ4n) is 2.86. The first-order chi connectivity index (χ1) is 11.7. The van der Waals surface area contributed by atoms with Crippen LogP contribution in [0.15, 0.2) is 49.1 Å². The van der Waals surface area contributed by atoms with E-state index in [0.29, 0.717) is 17.8 Å². The average molecular weight is 317 g/mol. The molecule has 0 atom stereocenters. The van der Waals surface area contributed by atoms with Crippen LogP contribution in [0.3, 0.4) is 0 Å². The van der Waals surface area contributed by atoms with E-state index in [2.05, 4.69) is 25.1 Å². The minimum atomic E-state index is 0.0468. The third-order valence-electron chi connectivity index (χ3n) is 3.95. The summed E-state index contributed by atoms with van der Waals surface area (Å²) in [5, 5.41) is 6.69. The van der Waals surface area contributed by atoms with Crippen molar-refractivity contribution in [3.05, 3.63) is 65.7 Å². The Hall–Kier alpha value is -3.28. The van der Waals surface area contributed by atoms with Crippen LogP contribution < -0.4 is 0 Å². The van der Waals surface area contributed by atoms with Crippen LogP contribution in [0.25, 0.3) is 22.4 Å². The van der Waals surface area contributed by atoms with Crippen LogP contribution in [-0.4, -0.2) is 30.9 Å². The van der Waals surface area contributed by atoms with E-state index in [9.17, 15) is 4.79 Å². The first-order valence-corrected chi connectivity index (χ1v) is 7.62. The van der Waals surface area contributed by atoms with E-state index < -0.39 is 0 Å². The summed E-state index contributed by atoms with van der Waals surface area (Å²) in [7, 11) is 0. The predicted octanol–water partition coefficient (Wildman–Crippen LogP) is 3.08. The van der Waals surface area contributed by atoms with Gasteiger partial charge in [0.1, 0.15) is 6.33 Å². The zero-order valence-electron chi connectivity index (χ0n) is 13.1. The number of hydrogen-bond acceptors (Lipinski definition) is 4. The molecule has 0 unspecified atom stereocenters. The molecule has 0 fully saturated rings. The van der Waals surface area contributed by atoms with Gasteiger partial charge in [-0.05, 0) is 36.2 Å². The van der Waals surface area contributed by atoms with E-state index in [-0.39, 0.29) is 5.78 Å². The number of carbonyl (C=O) groups excluding carboxylic acids is 1. The predicted molar refractivity (Wildman–Crippen MR) is 90.7 cm³/mol. The lowest BCUT2D eigenvalue weighted by atomic mass is 9.99. The summed E-state index contributed by atoms with van der Waals surface area (Å²) in [6.07, 6.45) is 3.40. The minimum Gasteiger partial charge on any atom is -0.345 e. The molecule has 0 saturated carbocycles. The molecule has 0 aliphatic carbocycles. The number of imidazole rings is 1. The summed E-state index contributed by atoms with van der Waals surface area (Å²) in [5.74, 6) is 0.736. The summed E-state index contributed by atoms with van der Waals surface area (Å²) in [6, 6.07) is 11.6. The van der Waals surface area contributed by atoms with Crippen molar-refractivity contribution in [1.29, 1.82) is 0 Å². The van der Waals surface area contributed by atoms with E-state index >= 15 is 0 Å². The zero-order chi connectivity index (χ0) is 16.5. The lowest BCUT2D eigenvalue weighted by molar-refractivity contribution is 0.0994. The fraction of sp³-hybridized carbons (Fsp3) is 0.111. The van der Waals surface area contributed by atoms with Crippen LogP contribution in [-0.2, 0) is 6.42 Å². The Bertz CT molecular complexity index is 1020. The van der Waals surface area contributed by atoms with Gasteiger partial charge in [-0.2, -0.15) is 5.10 Å². The van der Waals surface area contributed by atoms with Gasteiger partial charge in [-0.3, -0.25) is 9.89 Å². The van der Waals surface area contributed by atoms with Crippen molar-refractivity contribution in [2.45, 2.75) is 13.3 Å². The maximum atomic E-state index is 12.8. The Morgan fingerprint density at radius 3 is 2.92 bits per heavy atom. The van der Waals surface area contributed by atoms with Crippen molar-refractivity contribution in [2.24, 2.45) is 0 Å². The van der Waals surface area contributed by atoms with Crippen molar-refractivity contribution in [3.63, 3.8) is 0 Å². The van der Waals surface area contributed by atoms with E-state index in [1.807, 2.05) is 43.3 Å². The molecule has 2 heterocycles. The van der Waals surface area contributed by atoms with Crippen LogP contribution in [0.2, 0.25) is 0 Å². The van der Waals surface area contributed by atoms with Crippen LogP contribution in [0.5, 0.6) is 0 Å². The molecule has 0 radical (unpaired) electrons. The first-order valence-electron chi connectivity index (χ1n) is 7.62. The van der Waals surface area contributed by atoms with E-state index in [1.54, 1.807) is 6.33 Å². The highest BCUT2D eigenvalue weighted by molar-refractivity contribution is 6.07. The Labute approximate surface area is 138 Å². The molecule has 0 saturated heterocycles. The molecule has 0 aliphatic heterocycles. The van der Waals surface area contributed by atoms with Crippen LogP contribution in [0.1, 0.15) is 21.5 Å². The fourth-order valence-corrected chi connectivity index (χ4v) is 2.86. The number of carbonyl (C=O) groups is 1. The molecule has 6 heteroatoms. The Morgan fingerprint density at radius 1 is 1.17 bits per heavy atom. The Kier molecular flexibility index (Phi) is 3.42. The molecule has 4 rings (SSSR count). The third kappa shape index (κ3) is 2.58. The number of nitrogens with zero attached hydrogens (tertiary/aromatic N) is 3. The number of hydrogen-bond donors (Lipinski definition) is 2. The number of Topliss-reactive ketones (excluding diaryl/α,β-unsaturated/α-hetero) is 1. The number of H-pyrrole nitrogens is 2. The van der Waals surface area contributed by atoms with E-state index in [0.717, 1.165) is 27.7 Å². The van der Waals surface area contributed by atoms with Gasteiger partial charge >= 0.3 is 0 Å². The topological polar surface area (TPSA) is 87.3 Å². The van der Waals surface area contributed by atoms with Gasteiger partial charge in [-0.15, -0.1) is 0 Å². The summed E-state index contributed by atoms with van der Waals surface area (Å²) in [4.78, 5) is 24.3. The summed E-state index contributed by atoms with van der Waals surface area (Å²) in [5.41, 5.74) is 5.12. The van der Waals surface area contributed by atoms with Gasteiger partial charge in [0.05, 0.1) is 17.4 Å². The molecular formula is C18H15N5O. The van der Waals surface area contributed by atoms with E-state index in [1.165, 1.54) is 6.33 Å². The number of nitrogens with one attached hydrogen (secondary N) is 2. The normalized spacial score (nSPS) is 11.0. The second-order valence-electron chi connectivity index (χ2n) is 5.75. The Balaban J connectivity index is 1.66. The molecule has 4 aromatic rings. The van der Waals surface area contributed by atoms with Gasteiger partial charge < -0.3 is 4.98 Å². The van der Waals surface area contributed by atoms with Gasteiger partial charge in [0.2, 0.25) is 0 Å². The molecule has 0 aliphatic rings. The average Bonchev–Trinajstić information content (AvgIpc) is 3.25. The number of rotatable bonds is 4. The molecule has 0 spiro atoms. The summed E-state index contributed by atoms with van der Waals surface area (Å²) in [6.45, 7) is 1.97. The van der Waals surface area contributed by atoms with Crippen molar-refractivity contribution in [1.82, 2.24) is 25.1 Å². The van der Waals surface area contributed by atoms with Crippen LogP contribution in [0.4, 0.5) is 0 Å². The number of benzene rings is 2. The van der Waals surface area contributed by atoms with Crippen molar-refractivity contribution in [3.8, 4) is 11.4 Å². The maximum absolute atomic E-state index is 12.8. The van der Waals surface area contributed by atoms with E-state index in [4.69, 9.17) is 0 Å². The molecule has 118 valence electrons. The molecule has 2 aromatic carbocycles. The number of aromatic nitrogens is 5. The monoisotopic (exact) mass is 317 g/mol. The highest BCUT2D eigenvalue weighted by Gasteiger charge is 2.14. The van der Waals surface area contributed by atoms with Crippen molar-refractivity contribution in [2.75, 3.05) is 0 Å². The van der Waals surface area contributed by atoms with Crippen LogP contribution in [0, 0.1) is 6.92 Å². The van der Waals surface area contributed by atoms with Gasteiger partial charge in [-0.1, -0.05) is 18.2 Å².